The van der Waals surface area contributed by atoms with Crippen molar-refractivity contribution < 1.29 is 0 Å². The molecule has 114 valence electrons. The lowest BCUT2D eigenvalue weighted by Gasteiger charge is -2.42. The quantitative estimate of drug-likeness (QED) is 0.821. The molecule has 0 unspecified atom stereocenters. The number of nitrogens with one attached hydrogen (secondary N) is 2. The second-order valence-corrected chi connectivity index (χ2v) is 7.25. The zero-order valence-corrected chi connectivity index (χ0v) is 13.9. The first-order valence-corrected chi connectivity index (χ1v) is 8.77. The van der Waals surface area contributed by atoms with Crippen LogP contribution in [-0.4, -0.2) is 22.1 Å². The lowest BCUT2D eigenvalue weighted by Crippen LogP contribution is -2.44. The molecular weight excluding hydrogens is 280 g/mol. The van der Waals surface area contributed by atoms with E-state index < -0.39 is 0 Å². The van der Waals surface area contributed by atoms with E-state index in [4.69, 9.17) is 4.98 Å². The minimum atomic E-state index is 0.249. The van der Waals surface area contributed by atoms with Crippen LogP contribution in [0.15, 0.2) is 6.07 Å². The molecule has 3 rings (SSSR count). The summed E-state index contributed by atoms with van der Waals surface area (Å²) in [4.78, 5) is 11.8. The lowest BCUT2D eigenvalue weighted by molar-refractivity contribution is 0.269. The molecule has 0 aromatic carbocycles. The van der Waals surface area contributed by atoms with E-state index in [1.165, 1.54) is 29.5 Å². The lowest BCUT2D eigenvalue weighted by atomic mass is 9.75. The van der Waals surface area contributed by atoms with Crippen molar-refractivity contribution in [2.24, 2.45) is 0 Å². The average molecular weight is 304 g/mol. The molecule has 1 aliphatic carbocycles. The second kappa shape index (κ2) is 5.79. The fourth-order valence-electron chi connectivity index (χ4n) is 2.87. The minimum absolute atomic E-state index is 0.249. The highest BCUT2D eigenvalue weighted by Crippen LogP contribution is 2.40. The molecule has 0 spiro atoms. The smallest absolute Gasteiger partial charge is 0.226 e. The van der Waals surface area contributed by atoms with E-state index in [1.807, 2.05) is 0 Å². The largest absolute Gasteiger partial charge is 0.364 e. The van der Waals surface area contributed by atoms with E-state index in [0.29, 0.717) is 0 Å². The van der Waals surface area contributed by atoms with Gasteiger partial charge < -0.3 is 10.6 Å². The van der Waals surface area contributed by atoms with Gasteiger partial charge in [0, 0.05) is 17.0 Å². The number of aryl methyl sites for hydroxylation is 1. The van der Waals surface area contributed by atoms with Gasteiger partial charge in [0.05, 0.1) is 5.39 Å². The van der Waals surface area contributed by atoms with Crippen molar-refractivity contribution in [2.75, 3.05) is 17.2 Å². The second-order valence-electron chi connectivity index (χ2n) is 6.01. The molecule has 2 aromatic heterocycles. The van der Waals surface area contributed by atoms with Gasteiger partial charge in [-0.25, -0.2) is 4.98 Å². The first-order valence-electron chi connectivity index (χ1n) is 7.96. The van der Waals surface area contributed by atoms with Gasteiger partial charge in [-0.1, -0.05) is 13.8 Å². The third-order valence-electron chi connectivity index (χ3n) is 4.42. The summed E-state index contributed by atoms with van der Waals surface area (Å²) >= 11 is 1.74. The van der Waals surface area contributed by atoms with Crippen molar-refractivity contribution in [3.63, 3.8) is 0 Å². The van der Waals surface area contributed by atoms with Crippen molar-refractivity contribution in [1.29, 1.82) is 0 Å². The molecule has 5 heteroatoms. The topological polar surface area (TPSA) is 49.8 Å². The Morgan fingerprint density at radius 3 is 2.71 bits per heavy atom. The number of anilines is 2. The Morgan fingerprint density at radius 2 is 2.10 bits per heavy atom. The van der Waals surface area contributed by atoms with Crippen molar-refractivity contribution in [1.82, 2.24) is 9.97 Å². The maximum atomic E-state index is 4.74. The van der Waals surface area contributed by atoms with Crippen LogP contribution in [-0.2, 0) is 0 Å². The summed E-state index contributed by atoms with van der Waals surface area (Å²) in [5.41, 5.74) is 0.249. The number of hydrogen-bond donors (Lipinski definition) is 2. The van der Waals surface area contributed by atoms with Crippen LogP contribution in [0.4, 0.5) is 11.8 Å². The zero-order chi connectivity index (χ0) is 14.9. The van der Waals surface area contributed by atoms with Crippen LogP contribution >= 0.6 is 11.3 Å². The van der Waals surface area contributed by atoms with Gasteiger partial charge in [0.25, 0.3) is 0 Å². The van der Waals surface area contributed by atoms with E-state index in [1.54, 1.807) is 11.3 Å². The molecule has 0 bridgehead atoms. The van der Waals surface area contributed by atoms with Crippen molar-refractivity contribution in [3.8, 4) is 0 Å². The fourth-order valence-corrected chi connectivity index (χ4v) is 3.75. The molecule has 2 N–H and O–H groups in total. The third-order valence-corrected chi connectivity index (χ3v) is 5.36. The molecule has 0 saturated heterocycles. The number of hydrogen-bond acceptors (Lipinski definition) is 5. The third kappa shape index (κ3) is 2.84. The summed E-state index contributed by atoms with van der Waals surface area (Å²) < 4.78 is 0. The van der Waals surface area contributed by atoms with Crippen LogP contribution in [0.2, 0.25) is 0 Å². The molecule has 1 aliphatic rings. The van der Waals surface area contributed by atoms with Crippen LogP contribution in [0.3, 0.4) is 0 Å². The molecule has 21 heavy (non-hydrogen) atoms. The summed E-state index contributed by atoms with van der Waals surface area (Å²) in [6.07, 6.45) is 6.04. The highest BCUT2D eigenvalue weighted by molar-refractivity contribution is 7.18. The van der Waals surface area contributed by atoms with Gasteiger partial charge in [0.1, 0.15) is 10.6 Å². The molecule has 1 saturated carbocycles. The van der Waals surface area contributed by atoms with E-state index in [9.17, 15) is 0 Å². The molecule has 4 nitrogen and oxygen atoms in total. The molecule has 0 radical (unpaired) electrons. The normalized spacial score (nSPS) is 16.7. The zero-order valence-electron chi connectivity index (χ0n) is 13.1. The number of rotatable bonds is 6. The maximum absolute atomic E-state index is 4.74. The predicted molar refractivity (Wildman–Crippen MR) is 91.4 cm³/mol. The monoisotopic (exact) mass is 304 g/mol. The SMILES string of the molecule is CCCNc1nc(NC2(CC)CCC2)c2cc(C)sc2n1. The van der Waals surface area contributed by atoms with E-state index in [0.717, 1.165) is 36.0 Å². The summed E-state index contributed by atoms with van der Waals surface area (Å²) in [6, 6.07) is 2.20. The Labute approximate surface area is 130 Å². The van der Waals surface area contributed by atoms with Crippen LogP contribution in [0.5, 0.6) is 0 Å². The molecule has 0 amide bonds. The van der Waals surface area contributed by atoms with Crippen molar-refractivity contribution in [3.05, 3.63) is 10.9 Å². The van der Waals surface area contributed by atoms with Crippen LogP contribution in [0.25, 0.3) is 10.2 Å². The molecule has 1 fully saturated rings. The maximum Gasteiger partial charge on any atom is 0.226 e. The Bertz CT molecular complexity index is 625. The number of nitrogens with zero attached hydrogens (tertiary/aromatic N) is 2. The van der Waals surface area contributed by atoms with E-state index >= 15 is 0 Å². The fraction of sp³-hybridized carbons (Fsp3) is 0.625. The minimum Gasteiger partial charge on any atom is -0.364 e. The summed E-state index contributed by atoms with van der Waals surface area (Å²) in [5, 5.41) is 8.22. The molecular formula is C16H24N4S. The van der Waals surface area contributed by atoms with Gasteiger partial charge in [-0.2, -0.15) is 4.98 Å². The van der Waals surface area contributed by atoms with Gasteiger partial charge >= 0.3 is 0 Å². The highest BCUT2D eigenvalue weighted by atomic mass is 32.1. The van der Waals surface area contributed by atoms with Gasteiger partial charge in [0.15, 0.2) is 0 Å². The molecule has 0 atom stereocenters. The Balaban J connectivity index is 1.97. The van der Waals surface area contributed by atoms with Gasteiger partial charge in [-0.15, -0.1) is 11.3 Å². The Hall–Kier alpha value is -1.36. The number of thiophene rings is 1. The average Bonchev–Trinajstić information content (AvgIpc) is 2.81. The molecule has 2 aromatic rings. The highest BCUT2D eigenvalue weighted by Gasteiger charge is 2.35. The summed E-state index contributed by atoms with van der Waals surface area (Å²) in [5.74, 6) is 1.75. The summed E-state index contributed by atoms with van der Waals surface area (Å²) in [7, 11) is 0. The first kappa shape index (κ1) is 14.6. The molecule has 2 heterocycles. The van der Waals surface area contributed by atoms with Crippen LogP contribution in [0, 0.1) is 6.92 Å². The van der Waals surface area contributed by atoms with E-state index in [-0.39, 0.29) is 5.54 Å². The van der Waals surface area contributed by atoms with Gasteiger partial charge in [-0.3, -0.25) is 0 Å². The Kier molecular flexibility index (Phi) is 4.02. The van der Waals surface area contributed by atoms with Crippen LogP contribution in [0.1, 0.15) is 50.8 Å². The van der Waals surface area contributed by atoms with Gasteiger partial charge in [0.2, 0.25) is 5.95 Å². The van der Waals surface area contributed by atoms with Crippen LogP contribution < -0.4 is 10.6 Å². The Morgan fingerprint density at radius 1 is 1.29 bits per heavy atom. The summed E-state index contributed by atoms with van der Waals surface area (Å²) in [6.45, 7) is 7.46. The van der Waals surface area contributed by atoms with Crippen molar-refractivity contribution >= 4 is 33.3 Å². The van der Waals surface area contributed by atoms with Gasteiger partial charge in [-0.05, 0) is 45.1 Å². The number of aromatic nitrogens is 2. The standard InChI is InChI=1S/C16H24N4S/c1-4-9-17-15-18-13(20-16(5-2)7-6-8-16)12-10-11(3)21-14(12)19-15/h10H,4-9H2,1-3H3,(H2,17,18,19,20). The predicted octanol–water partition coefficient (Wildman–Crippen LogP) is 4.57. The number of fused-ring (bicyclic) bond motifs is 1. The molecule has 0 aliphatic heterocycles. The first-order chi connectivity index (χ1) is 10.2. The van der Waals surface area contributed by atoms with E-state index in [2.05, 4.69) is 42.5 Å². The van der Waals surface area contributed by atoms with Crippen molar-refractivity contribution in [2.45, 2.75) is 58.4 Å².